The van der Waals surface area contributed by atoms with Gasteiger partial charge in [0.15, 0.2) is 0 Å². The first-order valence-corrected chi connectivity index (χ1v) is 12.2. The lowest BCUT2D eigenvalue weighted by Crippen LogP contribution is -2.42. The Balaban J connectivity index is 1.68. The Morgan fingerprint density at radius 1 is 1.18 bits per heavy atom. The van der Waals surface area contributed by atoms with Crippen molar-refractivity contribution in [3.63, 3.8) is 0 Å². The van der Waals surface area contributed by atoms with E-state index in [1.807, 2.05) is 24.3 Å². The molecule has 1 aromatic heterocycles. The molecule has 34 heavy (non-hydrogen) atoms. The summed E-state index contributed by atoms with van der Waals surface area (Å²) in [5.74, 6) is -2.37. The van der Waals surface area contributed by atoms with Gasteiger partial charge in [0.2, 0.25) is 0 Å². The van der Waals surface area contributed by atoms with Crippen LogP contribution in [0.5, 0.6) is 0 Å². The van der Waals surface area contributed by atoms with Crippen molar-refractivity contribution in [2.45, 2.75) is 35.8 Å². The first kappa shape index (κ1) is 24.8. The Bertz CT molecular complexity index is 1150. The molecule has 4 rings (SSSR count). The van der Waals surface area contributed by atoms with Gasteiger partial charge in [-0.15, -0.1) is 11.8 Å². The molecule has 3 N–H and O–H groups in total. The van der Waals surface area contributed by atoms with Crippen molar-refractivity contribution in [3.8, 4) is 0 Å². The molecule has 0 spiro atoms. The summed E-state index contributed by atoms with van der Waals surface area (Å²) >= 11 is 7.56. The molecule has 2 heterocycles. The van der Waals surface area contributed by atoms with Gasteiger partial charge in [-0.05, 0) is 42.3 Å². The summed E-state index contributed by atoms with van der Waals surface area (Å²) in [6.07, 6.45) is -4.38. The number of carbonyl (C=O) groups excluding carboxylic acids is 1. The molecule has 1 aliphatic rings. The number of thioether (sulfide) groups is 1. The molecule has 10 heteroatoms. The Morgan fingerprint density at radius 3 is 2.56 bits per heavy atom. The van der Waals surface area contributed by atoms with Crippen LogP contribution in [0, 0.1) is 5.92 Å². The topological polar surface area (TPSA) is 72.9 Å². The van der Waals surface area contributed by atoms with Crippen LogP contribution < -0.4 is 11.1 Å². The number of halogens is 4. The molecule has 1 fully saturated rings. The SMILES string of the molecule is NCc1ccc(CSc2cc(C3CNCCC3C(F)(F)F)nn2C(=O)c2ccccc2Cl)cc1. The van der Waals surface area contributed by atoms with E-state index in [0.717, 1.165) is 11.1 Å². The molecule has 0 saturated carbocycles. The van der Waals surface area contributed by atoms with E-state index < -0.39 is 23.9 Å². The Hall–Kier alpha value is -2.33. The number of nitrogens with one attached hydrogen (secondary N) is 1. The molecule has 0 amide bonds. The number of hydrogen-bond acceptors (Lipinski definition) is 5. The van der Waals surface area contributed by atoms with Crippen LogP contribution in [0.1, 0.15) is 39.5 Å². The van der Waals surface area contributed by atoms with Gasteiger partial charge in [0.05, 0.1) is 22.2 Å². The molecule has 2 unspecified atom stereocenters. The van der Waals surface area contributed by atoms with Gasteiger partial charge in [-0.2, -0.15) is 23.0 Å². The van der Waals surface area contributed by atoms with E-state index in [1.54, 1.807) is 30.3 Å². The van der Waals surface area contributed by atoms with Gasteiger partial charge in [-0.25, -0.2) is 0 Å². The van der Waals surface area contributed by atoms with Crippen molar-refractivity contribution in [1.82, 2.24) is 15.1 Å². The van der Waals surface area contributed by atoms with E-state index in [2.05, 4.69) is 10.4 Å². The maximum atomic E-state index is 13.7. The Morgan fingerprint density at radius 2 is 1.88 bits per heavy atom. The predicted octanol–water partition coefficient (Wildman–Crippen LogP) is 5.23. The van der Waals surface area contributed by atoms with E-state index in [0.29, 0.717) is 23.9 Å². The van der Waals surface area contributed by atoms with Gasteiger partial charge in [-0.3, -0.25) is 4.79 Å². The zero-order valence-electron chi connectivity index (χ0n) is 18.2. The largest absolute Gasteiger partial charge is 0.392 e. The molecular weight excluding hydrogens is 485 g/mol. The molecule has 180 valence electrons. The number of rotatable bonds is 6. The molecule has 1 aliphatic heterocycles. The van der Waals surface area contributed by atoms with Crippen LogP contribution in [-0.2, 0) is 12.3 Å². The van der Waals surface area contributed by atoms with E-state index >= 15 is 0 Å². The van der Waals surface area contributed by atoms with Crippen LogP contribution in [0.2, 0.25) is 5.02 Å². The van der Waals surface area contributed by atoms with Gasteiger partial charge < -0.3 is 11.1 Å². The zero-order valence-corrected chi connectivity index (χ0v) is 19.8. The van der Waals surface area contributed by atoms with Crippen molar-refractivity contribution in [3.05, 3.63) is 82.0 Å². The fourth-order valence-electron chi connectivity index (χ4n) is 4.05. The summed E-state index contributed by atoms with van der Waals surface area (Å²) in [6, 6.07) is 15.9. The average molecular weight is 509 g/mol. The summed E-state index contributed by atoms with van der Waals surface area (Å²) < 4.78 is 42.4. The number of hydrogen-bond donors (Lipinski definition) is 2. The fraction of sp³-hybridized carbons (Fsp3) is 0.333. The number of benzene rings is 2. The third-order valence-corrected chi connectivity index (χ3v) is 7.31. The normalized spacial score (nSPS) is 18.7. The fourth-order valence-corrected chi connectivity index (χ4v) is 5.22. The maximum Gasteiger partial charge on any atom is 0.392 e. The van der Waals surface area contributed by atoms with Crippen molar-refractivity contribution in [2.75, 3.05) is 13.1 Å². The summed E-state index contributed by atoms with van der Waals surface area (Å²) in [5.41, 5.74) is 8.13. The van der Waals surface area contributed by atoms with Gasteiger partial charge in [-0.1, -0.05) is 48.0 Å². The zero-order chi connectivity index (χ0) is 24.3. The molecule has 5 nitrogen and oxygen atoms in total. The average Bonchev–Trinajstić information content (AvgIpc) is 3.26. The lowest BCUT2D eigenvalue weighted by Gasteiger charge is -2.32. The van der Waals surface area contributed by atoms with Crippen LogP contribution in [0.25, 0.3) is 0 Å². The number of alkyl halides is 3. The minimum atomic E-state index is -4.35. The summed E-state index contributed by atoms with van der Waals surface area (Å²) in [5, 5.41) is 8.14. The van der Waals surface area contributed by atoms with Crippen LogP contribution in [-0.4, -0.2) is 35.0 Å². The minimum Gasteiger partial charge on any atom is -0.326 e. The Labute approximate surface area is 204 Å². The van der Waals surface area contributed by atoms with E-state index in [1.165, 1.54) is 16.4 Å². The van der Waals surface area contributed by atoms with Crippen LogP contribution >= 0.6 is 23.4 Å². The van der Waals surface area contributed by atoms with Gasteiger partial charge in [0.25, 0.3) is 5.91 Å². The monoisotopic (exact) mass is 508 g/mol. The van der Waals surface area contributed by atoms with Crippen molar-refractivity contribution in [1.29, 1.82) is 0 Å². The summed E-state index contributed by atoms with van der Waals surface area (Å²) in [7, 11) is 0. The van der Waals surface area contributed by atoms with E-state index in [9.17, 15) is 18.0 Å². The molecule has 2 atom stereocenters. The van der Waals surface area contributed by atoms with Gasteiger partial charge >= 0.3 is 6.18 Å². The molecular formula is C24H24ClF3N4OS. The molecule has 3 aromatic rings. The first-order valence-electron chi connectivity index (χ1n) is 10.8. The van der Waals surface area contributed by atoms with Crippen molar-refractivity contribution >= 4 is 29.3 Å². The number of nitrogens with two attached hydrogens (primary N) is 1. The molecule has 0 aliphatic carbocycles. The predicted molar refractivity (Wildman–Crippen MR) is 127 cm³/mol. The molecule has 2 aromatic carbocycles. The van der Waals surface area contributed by atoms with E-state index in [-0.39, 0.29) is 29.2 Å². The summed E-state index contributed by atoms with van der Waals surface area (Å²) in [4.78, 5) is 13.3. The van der Waals surface area contributed by atoms with Crippen LogP contribution in [0.4, 0.5) is 13.2 Å². The highest BCUT2D eigenvalue weighted by Crippen LogP contribution is 2.41. The quantitative estimate of drug-likeness (QED) is 0.446. The highest BCUT2D eigenvalue weighted by atomic mass is 35.5. The molecule has 0 bridgehead atoms. The number of nitrogens with zero attached hydrogens (tertiary/aromatic N) is 2. The second-order valence-corrected chi connectivity index (χ2v) is 9.56. The minimum absolute atomic E-state index is 0.0323. The maximum absolute atomic E-state index is 13.7. The van der Waals surface area contributed by atoms with Gasteiger partial charge in [0, 0.05) is 24.8 Å². The number of piperidine rings is 1. The third kappa shape index (κ3) is 5.49. The summed E-state index contributed by atoms with van der Waals surface area (Å²) in [6.45, 7) is 0.873. The number of carbonyl (C=O) groups is 1. The molecule has 1 saturated heterocycles. The highest BCUT2D eigenvalue weighted by molar-refractivity contribution is 7.98. The third-order valence-electron chi connectivity index (χ3n) is 5.92. The first-order chi connectivity index (χ1) is 16.3. The van der Waals surface area contributed by atoms with Gasteiger partial charge in [0.1, 0.15) is 5.03 Å². The highest BCUT2D eigenvalue weighted by Gasteiger charge is 2.47. The standard InChI is InChI=1S/C24H24ClF3N4OS/c25-20-4-2-1-3-17(20)23(33)32-22(34-14-16-7-5-15(12-29)6-8-16)11-21(31-32)18-13-30-10-9-19(18)24(26,27)28/h1-8,11,18-19,30H,9-10,12-14,29H2. The molecule has 0 radical (unpaired) electrons. The van der Waals surface area contributed by atoms with E-state index in [4.69, 9.17) is 17.3 Å². The lowest BCUT2D eigenvalue weighted by atomic mass is 9.84. The lowest BCUT2D eigenvalue weighted by molar-refractivity contribution is -0.185. The van der Waals surface area contributed by atoms with Crippen LogP contribution in [0.15, 0.2) is 59.6 Å². The Kier molecular flexibility index (Phi) is 7.67. The van der Waals surface area contributed by atoms with Crippen LogP contribution in [0.3, 0.4) is 0 Å². The smallest absolute Gasteiger partial charge is 0.326 e. The van der Waals surface area contributed by atoms with Crippen molar-refractivity contribution < 1.29 is 18.0 Å². The second kappa shape index (κ2) is 10.5. The second-order valence-electron chi connectivity index (χ2n) is 8.16. The van der Waals surface area contributed by atoms with Crippen molar-refractivity contribution in [2.24, 2.45) is 11.7 Å². The number of aromatic nitrogens is 2.